The van der Waals surface area contributed by atoms with Crippen molar-refractivity contribution in [2.45, 2.75) is 13.3 Å². The number of carbonyl (C=O) groups is 1. The minimum atomic E-state index is -0.917. The Kier molecular flexibility index (Phi) is 4.13. The predicted molar refractivity (Wildman–Crippen MR) is 65.2 cm³/mol. The molecule has 0 bridgehead atoms. The lowest BCUT2D eigenvalue weighted by molar-refractivity contribution is -0.131. The Morgan fingerprint density at radius 3 is 2.79 bits per heavy atom. The van der Waals surface area contributed by atoms with Crippen molar-refractivity contribution in [3.05, 3.63) is 39.0 Å². The summed E-state index contributed by atoms with van der Waals surface area (Å²) in [5.41, 5.74) is 2.21. The van der Waals surface area contributed by atoms with Gasteiger partial charge in [-0.25, -0.2) is 4.79 Å². The minimum absolute atomic E-state index is 0.917. The van der Waals surface area contributed by atoms with E-state index in [-0.39, 0.29) is 0 Å². The highest BCUT2D eigenvalue weighted by Gasteiger charge is 1.97. The van der Waals surface area contributed by atoms with Gasteiger partial charge < -0.3 is 5.11 Å². The van der Waals surface area contributed by atoms with E-state index in [1.165, 1.54) is 9.13 Å². The van der Waals surface area contributed by atoms with Gasteiger partial charge in [-0.1, -0.05) is 19.1 Å². The largest absolute Gasteiger partial charge is 0.478 e. The minimum Gasteiger partial charge on any atom is -0.478 e. The number of aliphatic carboxylic acids is 1. The molecule has 1 rings (SSSR count). The molecule has 0 spiro atoms. The first kappa shape index (κ1) is 11.2. The number of carboxylic acid groups (broad SMARTS) is 1. The zero-order valence-electron chi connectivity index (χ0n) is 7.83. The van der Waals surface area contributed by atoms with Gasteiger partial charge in [0.2, 0.25) is 0 Å². The van der Waals surface area contributed by atoms with Crippen LogP contribution in [0.5, 0.6) is 0 Å². The average molecular weight is 302 g/mol. The molecule has 0 amide bonds. The summed E-state index contributed by atoms with van der Waals surface area (Å²) < 4.78 is 1.18. The van der Waals surface area contributed by atoms with Crippen molar-refractivity contribution < 1.29 is 9.90 Å². The van der Waals surface area contributed by atoms with Crippen molar-refractivity contribution in [2.75, 3.05) is 0 Å². The van der Waals surface area contributed by atoms with E-state index in [2.05, 4.69) is 29.5 Å². The van der Waals surface area contributed by atoms with E-state index < -0.39 is 5.97 Å². The number of rotatable bonds is 3. The van der Waals surface area contributed by atoms with Gasteiger partial charge in [0.1, 0.15) is 0 Å². The molecule has 0 aromatic heterocycles. The molecule has 0 saturated heterocycles. The number of hydrogen-bond acceptors (Lipinski definition) is 1. The summed E-state index contributed by atoms with van der Waals surface area (Å²) in [6.07, 6.45) is 3.75. The lowest BCUT2D eigenvalue weighted by Gasteiger charge is -2.01. The van der Waals surface area contributed by atoms with Crippen molar-refractivity contribution >= 4 is 34.6 Å². The van der Waals surface area contributed by atoms with Gasteiger partial charge in [0.15, 0.2) is 0 Å². The molecule has 0 aliphatic heterocycles. The third-order valence-corrected chi connectivity index (χ3v) is 2.88. The standard InChI is InChI=1S/C11H11IO2/c1-2-9-5-3-8(7-10(9)12)4-6-11(13)14/h3-7H,2H2,1H3,(H,13,14). The maximum absolute atomic E-state index is 10.3. The number of halogens is 1. The molecule has 3 heteroatoms. The normalized spacial score (nSPS) is 10.7. The molecule has 0 aliphatic carbocycles. The summed E-state index contributed by atoms with van der Waals surface area (Å²) in [6.45, 7) is 2.10. The molecule has 0 fully saturated rings. The van der Waals surface area contributed by atoms with Gasteiger partial charge in [-0.2, -0.15) is 0 Å². The van der Waals surface area contributed by atoms with Gasteiger partial charge >= 0.3 is 5.97 Å². The SMILES string of the molecule is CCc1ccc(C=CC(=O)O)cc1I. The van der Waals surface area contributed by atoms with Crippen LogP contribution < -0.4 is 0 Å². The van der Waals surface area contributed by atoms with E-state index in [0.29, 0.717) is 0 Å². The number of aryl methyl sites for hydroxylation is 1. The fourth-order valence-corrected chi connectivity index (χ4v) is 2.04. The highest BCUT2D eigenvalue weighted by atomic mass is 127. The average Bonchev–Trinajstić information content (AvgIpc) is 2.15. The molecule has 0 heterocycles. The summed E-state index contributed by atoms with van der Waals surface area (Å²) in [5.74, 6) is -0.917. The van der Waals surface area contributed by atoms with E-state index in [9.17, 15) is 4.79 Å². The maximum atomic E-state index is 10.3. The molecule has 0 atom stereocenters. The van der Waals surface area contributed by atoms with E-state index in [4.69, 9.17) is 5.11 Å². The van der Waals surface area contributed by atoms with Crippen molar-refractivity contribution in [1.29, 1.82) is 0 Å². The Morgan fingerprint density at radius 1 is 1.57 bits per heavy atom. The van der Waals surface area contributed by atoms with Gasteiger partial charge in [-0.05, 0) is 52.3 Å². The second-order valence-electron chi connectivity index (χ2n) is 2.88. The topological polar surface area (TPSA) is 37.3 Å². The van der Waals surface area contributed by atoms with Crippen molar-refractivity contribution in [2.24, 2.45) is 0 Å². The van der Waals surface area contributed by atoms with E-state index >= 15 is 0 Å². The van der Waals surface area contributed by atoms with Crippen LogP contribution in [0.1, 0.15) is 18.1 Å². The monoisotopic (exact) mass is 302 g/mol. The Balaban J connectivity index is 2.91. The van der Waals surface area contributed by atoms with Crippen LogP contribution in [-0.2, 0) is 11.2 Å². The van der Waals surface area contributed by atoms with Gasteiger partial charge in [0, 0.05) is 9.65 Å². The third-order valence-electron chi connectivity index (χ3n) is 1.88. The highest BCUT2D eigenvalue weighted by molar-refractivity contribution is 14.1. The van der Waals surface area contributed by atoms with Crippen LogP contribution >= 0.6 is 22.6 Å². The molecule has 0 saturated carbocycles. The fraction of sp³-hybridized carbons (Fsp3) is 0.182. The third kappa shape index (κ3) is 3.14. The van der Waals surface area contributed by atoms with Crippen LogP contribution in [0, 0.1) is 3.57 Å². The number of benzene rings is 1. The molecule has 0 radical (unpaired) electrons. The zero-order chi connectivity index (χ0) is 10.6. The van der Waals surface area contributed by atoms with Crippen LogP contribution in [-0.4, -0.2) is 11.1 Å². The van der Waals surface area contributed by atoms with Gasteiger partial charge in [0.25, 0.3) is 0 Å². The zero-order valence-corrected chi connectivity index (χ0v) is 9.98. The Hall–Kier alpha value is -0.840. The summed E-state index contributed by atoms with van der Waals surface area (Å²) in [6, 6.07) is 5.95. The molecular weight excluding hydrogens is 291 g/mol. The molecule has 1 aromatic carbocycles. The van der Waals surface area contributed by atoms with E-state index in [0.717, 1.165) is 18.1 Å². The second kappa shape index (κ2) is 5.14. The summed E-state index contributed by atoms with van der Waals surface area (Å²) >= 11 is 2.26. The first-order chi connectivity index (χ1) is 6.63. The van der Waals surface area contributed by atoms with Crippen molar-refractivity contribution in [1.82, 2.24) is 0 Å². The summed E-state index contributed by atoms with van der Waals surface area (Å²) in [4.78, 5) is 10.3. The van der Waals surface area contributed by atoms with Crippen LogP contribution in [0.25, 0.3) is 6.08 Å². The van der Waals surface area contributed by atoms with Crippen molar-refractivity contribution in [3.8, 4) is 0 Å². The molecule has 1 N–H and O–H groups in total. The first-order valence-electron chi connectivity index (χ1n) is 4.33. The van der Waals surface area contributed by atoms with Gasteiger partial charge in [0.05, 0.1) is 0 Å². The summed E-state index contributed by atoms with van der Waals surface area (Å²) in [7, 11) is 0. The molecule has 14 heavy (non-hydrogen) atoms. The maximum Gasteiger partial charge on any atom is 0.328 e. The summed E-state index contributed by atoms with van der Waals surface area (Å²) in [5, 5.41) is 8.46. The number of carboxylic acids is 1. The van der Waals surface area contributed by atoms with Crippen LogP contribution in [0.4, 0.5) is 0 Å². The quantitative estimate of drug-likeness (QED) is 0.688. The van der Waals surface area contributed by atoms with Crippen molar-refractivity contribution in [3.63, 3.8) is 0 Å². The first-order valence-corrected chi connectivity index (χ1v) is 5.40. The van der Waals surface area contributed by atoms with Crippen LogP contribution in [0.2, 0.25) is 0 Å². The Morgan fingerprint density at radius 2 is 2.29 bits per heavy atom. The smallest absolute Gasteiger partial charge is 0.328 e. The Labute approximate surface area is 96.8 Å². The lowest BCUT2D eigenvalue weighted by atomic mass is 10.1. The van der Waals surface area contributed by atoms with Gasteiger partial charge in [-0.3, -0.25) is 0 Å². The number of hydrogen-bond donors (Lipinski definition) is 1. The fourth-order valence-electron chi connectivity index (χ4n) is 1.12. The predicted octanol–water partition coefficient (Wildman–Crippen LogP) is 2.95. The van der Waals surface area contributed by atoms with Gasteiger partial charge in [-0.15, -0.1) is 0 Å². The van der Waals surface area contributed by atoms with Crippen LogP contribution in [0.3, 0.4) is 0 Å². The van der Waals surface area contributed by atoms with Crippen LogP contribution in [0.15, 0.2) is 24.3 Å². The Bertz CT molecular complexity index is 370. The van der Waals surface area contributed by atoms with E-state index in [1.807, 2.05) is 18.2 Å². The second-order valence-corrected chi connectivity index (χ2v) is 4.04. The molecule has 0 aliphatic rings. The van der Waals surface area contributed by atoms with E-state index in [1.54, 1.807) is 6.08 Å². The highest BCUT2D eigenvalue weighted by Crippen LogP contribution is 2.15. The lowest BCUT2D eigenvalue weighted by Crippen LogP contribution is -1.88. The molecule has 0 unspecified atom stereocenters. The molecule has 2 nitrogen and oxygen atoms in total. The molecular formula is C11H11IO2. The molecule has 74 valence electrons. The molecule has 1 aromatic rings.